The highest BCUT2D eigenvalue weighted by molar-refractivity contribution is 5.79. The molecule has 5 heteroatoms. The summed E-state index contributed by atoms with van der Waals surface area (Å²) in [5.74, 6) is 1.26. The van der Waals surface area contributed by atoms with Crippen molar-refractivity contribution in [1.29, 1.82) is 0 Å². The Morgan fingerprint density at radius 1 is 1.17 bits per heavy atom. The van der Waals surface area contributed by atoms with Gasteiger partial charge in [-0.3, -0.25) is 4.79 Å². The van der Waals surface area contributed by atoms with Crippen molar-refractivity contribution in [2.75, 3.05) is 0 Å². The summed E-state index contributed by atoms with van der Waals surface area (Å²) >= 11 is 0. The van der Waals surface area contributed by atoms with Crippen molar-refractivity contribution in [3.63, 3.8) is 0 Å². The third-order valence-corrected chi connectivity index (χ3v) is 3.78. The Kier molecular flexibility index (Phi) is 4.28. The molecule has 0 fully saturated rings. The van der Waals surface area contributed by atoms with Gasteiger partial charge in [0.05, 0.1) is 18.4 Å². The van der Waals surface area contributed by atoms with Crippen molar-refractivity contribution < 1.29 is 13.7 Å². The van der Waals surface area contributed by atoms with Gasteiger partial charge < -0.3 is 14.3 Å². The van der Waals surface area contributed by atoms with Gasteiger partial charge in [-0.1, -0.05) is 35.5 Å². The topological polar surface area (TPSA) is 68.3 Å². The van der Waals surface area contributed by atoms with Crippen LogP contribution in [-0.4, -0.2) is 11.1 Å². The summed E-state index contributed by atoms with van der Waals surface area (Å²) in [5, 5.41) is 6.91. The second-order valence-electron chi connectivity index (χ2n) is 5.41. The van der Waals surface area contributed by atoms with Crippen molar-refractivity contribution in [1.82, 2.24) is 10.5 Å². The SMILES string of the molecule is Cc1noc(C)c1CC(=O)N[C@@H](c1ccccc1)c1ccco1. The van der Waals surface area contributed by atoms with E-state index in [9.17, 15) is 4.79 Å². The molecule has 0 aliphatic heterocycles. The van der Waals surface area contributed by atoms with E-state index in [0.29, 0.717) is 11.5 Å². The molecule has 0 saturated heterocycles. The van der Waals surface area contributed by atoms with Gasteiger partial charge in [-0.2, -0.15) is 0 Å². The minimum absolute atomic E-state index is 0.107. The fourth-order valence-electron chi connectivity index (χ4n) is 2.55. The zero-order chi connectivity index (χ0) is 16.2. The number of carbonyl (C=O) groups is 1. The fraction of sp³-hybridized carbons (Fsp3) is 0.222. The molecule has 0 unspecified atom stereocenters. The molecule has 3 aromatic rings. The number of nitrogens with one attached hydrogen (secondary N) is 1. The summed E-state index contributed by atoms with van der Waals surface area (Å²) in [6.45, 7) is 3.64. The van der Waals surface area contributed by atoms with Crippen LogP contribution in [0.3, 0.4) is 0 Å². The monoisotopic (exact) mass is 310 g/mol. The first-order valence-electron chi connectivity index (χ1n) is 7.44. The molecule has 1 atom stereocenters. The Labute approximate surface area is 134 Å². The number of nitrogens with zero attached hydrogens (tertiary/aromatic N) is 1. The van der Waals surface area contributed by atoms with Gasteiger partial charge in [-0.15, -0.1) is 0 Å². The molecule has 3 rings (SSSR count). The van der Waals surface area contributed by atoms with Crippen LogP contribution >= 0.6 is 0 Å². The lowest BCUT2D eigenvalue weighted by Gasteiger charge is -2.17. The second kappa shape index (κ2) is 6.52. The lowest BCUT2D eigenvalue weighted by Crippen LogP contribution is -2.30. The van der Waals surface area contributed by atoms with Crippen molar-refractivity contribution >= 4 is 5.91 Å². The van der Waals surface area contributed by atoms with Gasteiger partial charge in [0, 0.05) is 5.56 Å². The molecule has 0 aliphatic carbocycles. The first kappa shape index (κ1) is 15.1. The molecular weight excluding hydrogens is 292 g/mol. The largest absolute Gasteiger partial charge is 0.467 e. The maximum Gasteiger partial charge on any atom is 0.225 e. The number of hydrogen-bond donors (Lipinski definition) is 1. The van der Waals surface area contributed by atoms with Gasteiger partial charge in [-0.25, -0.2) is 0 Å². The zero-order valence-corrected chi connectivity index (χ0v) is 13.1. The van der Waals surface area contributed by atoms with Gasteiger partial charge in [0.1, 0.15) is 17.6 Å². The Bertz CT molecular complexity index is 756. The number of benzene rings is 1. The van der Waals surface area contributed by atoms with E-state index in [4.69, 9.17) is 8.94 Å². The molecule has 0 aliphatic rings. The van der Waals surface area contributed by atoms with E-state index < -0.39 is 0 Å². The second-order valence-corrected chi connectivity index (χ2v) is 5.41. The van der Waals surface area contributed by atoms with E-state index in [2.05, 4.69) is 10.5 Å². The maximum absolute atomic E-state index is 12.5. The van der Waals surface area contributed by atoms with Gasteiger partial charge in [-0.05, 0) is 31.5 Å². The standard InChI is InChI=1S/C18H18N2O3/c1-12-15(13(2)23-20-12)11-17(21)19-18(16-9-6-10-22-16)14-7-4-3-5-8-14/h3-10,18H,11H2,1-2H3,(H,19,21)/t18-/m0/s1. The van der Waals surface area contributed by atoms with E-state index >= 15 is 0 Å². The molecule has 1 N–H and O–H groups in total. The molecule has 0 bridgehead atoms. The summed E-state index contributed by atoms with van der Waals surface area (Å²) in [4.78, 5) is 12.5. The first-order chi connectivity index (χ1) is 11.1. The Morgan fingerprint density at radius 2 is 1.96 bits per heavy atom. The molecule has 1 aromatic carbocycles. The van der Waals surface area contributed by atoms with E-state index in [1.165, 1.54) is 0 Å². The predicted octanol–water partition coefficient (Wildman–Crippen LogP) is 3.33. The van der Waals surface area contributed by atoms with E-state index in [-0.39, 0.29) is 18.4 Å². The number of aryl methyl sites for hydroxylation is 2. The van der Waals surface area contributed by atoms with Crippen LogP contribution in [0, 0.1) is 13.8 Å². The number of rotatable bonds is 5. The van der Waals surface area contributed by atoms with Crippen molar-refractivity contribution in [2.45, 2.75) is 26.3 Å². The molecule has 0 radical (unpaired) electrons. The molecule has 5 nitrogen and oxygen atoms in total. The third kappa shape index (κ3) is 3.34. The summed E-state index contributed by atoms with van der Waals surface area (Å²) in [6.07, 6.45) is 1.83. The van der Waals surface area contributed by atoms with Gasteiger partial charge in [0.15, 0.2) is 0 Å². The fourth-order valence-corrected chi connectivity index (χ4v) is 2.55. The van der Waals surface area contributed by atoms with Crippen LogP contribution in [0.25, 0.3) is 0 Å². The summed E-state index contributed by atoms with van der Waals surface area (Å²) in [6, 6.07) is 13.1. The van der Waals surface area contributed by atoms with Crippen LogP contribution in [0.15, 0.2) is 57.7 Å². The predicted molar refractivity (Wildman–Crippen MR) is 84.8 cm³/mol. The lowest BCUT2D eigenvalue weighted by molar-refractivity contribution is -0.121. The van der Waals surface area contributed by atoms with Crippen molar-refractivity contribution in [2.24, 2.45) is 0 Å². The molecule has 2 heterocycles. The lowest BCUT2D eigenvalue weighted by atomic mass is 10.0. The summed E-state index contributed by atoms with van der Waals surface area (Å²) < 4.78 is 10.6. The van der Waals surface area contributed by atoms with Gasteiger partial charge >= 0.3 is 0 Å². The van der Waals surface area contributed by atoms with Crippen LogP contribution in [0.5, 0.6) is 0 Å². The van der Waals surface area contributed by atoms with Crippen molar-refractivity contribution in [3.8, 4) is 0 Å². The van der Waals surface area contributed by atoms with Crippen LogP contribution in [0.1, 0.15) is 34.4 Å². The smallest absolute Gasteiger partial charge is 0.225 e. The Hall–Kier alpha value is -2.82. The number of amides is 1. The molecular formula is C18H18N2O3. The number of aromatic nitrogens is 1. The highest BCUT2D eigenvalue weighted by Crippen LogP contribution is 2.23. The minimum Gasteiger partial charge on any atom is -0.467 e. The molecule has 0 saturated carbocycles. The zero-order valence-electron chi connectivity index (χ0n) is 13.1. The summed E-state index contributed by atoms with van der Waals surface area (Å²) in [5.41, 5.74) is 2.54. The highest BCUT2D eigenvalue weighted by atomic mass is 16.5. The average molecular weight is 310 g/mol. The van der Waals surface area contributed by atoms with E-state index in [0.717, 1.165) is 16.8 Å². The maximum atomic E-state index is 12.5. The number of furan rings is 1. The van der Waals surface area contributed by atoms with Gasteiger partial charge in [0.2, 0.25) is 5.91 Å². The quantitative estimate of drug-likeness (QED) is 0.785. The van der Waals surface area contributed by atoms with Crippen LogP contribution in [0.2, 0.25) is 0 Å². The van der Waals surface area contributed by atoms with E-state index in [1.54, 1.807) is 6.26 Å². The number of hydrogen-bond acceptors (Lipinski definition) is 4. The van der Waals surface area contributed by atoms with Crippen LogP contribution in [-0.2, 0) is 11.2 Å². The Balaban J connectivity index is 1.80. The van der Waals surface area contributed by atoms with Crippen LogP contribution in [0.4, 0.5) is 0 Å². The third-order valence-electron chi connectivity index (χ3n) is 3.78. The van der Waals surface area contributed by atoms with Crippen molar-refractivity contribution in [3.05, 3.63) is 77.1 Å². The molecule has 2 aromatic heterocycles. The first-order valence-corrected chi connectivity index (χ1v) is 7.44. The average Bonchev–Trinajstić information content (AvgIpc) is 3.19. The molecule has 0 spiro atoms. The number of carbonyl (C=O) groups excluding carboxylic acids is 1. The van der Waals surface area contributed by atoms with E-state index in [1.807, 2.05) is 56.3 Å². The molecule has 1 amide bonds. The minimum atomic E-state index is -0.320. The van der Waals surface area contributed by atoms with Crippen LogP contribution < -0.4 is 5.32 Å². The highest BCUT2D eigenvalue weighted by Gasteiger charge is 2.21. The van der Waals surface area contributed by atoms with Gasteiger partial charge in [0.25, 0.3) is 0 Å². The molecule has 23 heavy (non-hydrogen) atoms. The Morgan fingerprint density at radius 3 is 2.57 bits per heavy atom. The summed E-state index contributed by atoms with van der Waals surface area (Å²) in [7, 11) is 0. The molecule has 118 valence electrons. The normalized spacial score (nSPS) is 12.1.